The number of benzene rings is 1. The molecule has 1 fully saturated rings. The number of carbonyl (C=O) groups excluding carboxylic acids is 2. The summed E-state index contributed by atoms with van der Waals surface area (Å²) < 4.78 is 13.1. The minimum absolute atomic E-state index is 0.0101. The molecule has 1 aliphatic heterocycles. The number of halogens is 1. The van der Waals surface area contributed by atoms with Gasteiger partial charge < -0.3 is 10.0 Å². The van der Waals surface area contributed by atoms with Crippen LogP contribution in [0.15, 0.2) is 60.0 Å². The minimum Gasteiger partial charge on any atom is -0.507 e. The molecule has 122 valence electrons. The van der Waals surface area contributed by atoms with Gasteiger partial charge in [-0.15, -0.1) is 17.9 Å². The molecule has 1 aromatic carbocycles. The van der Waals surface area contributed by atoms with Crippen molar-refractivity contribution in [2.45, 2.75) is 6.04 Å². The van der Waals surface area contributed by atoms with Gasteiger partial charge in [0.25, 0.3) is 11.7 Å². The fourth-order valence-corrected chi connectivity index (χ4v) is 3.56. The van der Waals surface area contributed by atoms with Crippen molar-refractivity contribution in [1.29, 1.82) is 0 Å². The van der Waals surface area contributed by atoms with Crippen LogP contribution in [-0.4, -0.2) is 28.2 Å². The highest BCUT2D eigenvalue weighted by molar-refractivity contribution is 7.10. The summed E-state index contributed by atoms with van der Waals surface area (Å²) in [7, 11) is 0. The number of thiophene rings is 1. The van der Waals surface area contributed by atoms with Crippen LogP contribution in [0.4, 0.5) is 4.39 Å². The van der Waals surface area contributed by atoms with E-state index in [0.717, 1.165) is 4.88 Å². The third kappa shape index (κ3) is 2.65. The molecule has 1 saturated heterocycles. The Hall–Kier alpha value is -2.73. The van der Waals surface area contributed by atoms with Crippen molar-refractivity contribution in [2.75, 3.05) is 6.54 Å². The van der Waals surface area contributed by atoms with Crippen molar-refractivity contribution in [3.8, 4) is 0 Å². The van der Waals surface area contributed by atoms with Gasteiger partial charge in [-0.3, -0.25) is 9.59 Å². The molecule has 4 nitrogen and oxygen atoms in total. The van der Waals surface area contributed by atoms with Crippen molar-refractivity contribution in [1.82, 2.24) is 4.90 Å². The molecule has 1 aromatic heterocycles. The number of hydrogen-bond donors (Lipinski definition) is 1. The molecular formula is C18H14FNO3S. The summed E-state index contributed by atoms with van der Waals surface area (Å²) >= 11 is 1.39. The largest absolute Gasteiger partial charge is 0.507 e. The van der Waals surface area contributed by atoms with E-state index in [2.05, 4.69) is 6.58 Å². The predicted molar refractivity (Wildman–Crippen MR) is 89.9 cm³/mol. The lowest BCUT2D eigenvalue weighted by Gasteiger charge is -2.22. The van der Waals surface area contributed by atoms with Gasteiger partial charge in [0.2, 0.25) is 0 Å². The van der Waals surface area contributed by atoms with Crippen LogP contribution in [0.2, 0.25) is 0 Å². The van der Waals surface area contributed by atoms with Gasteiger partial charge in [-0.2, -0.15) is 0 Å². The second kappa shape index (κ2) is 6.41. The molecule has 0 radical (unpaired) electrons. The molecular weight excluding hydrogens is 329 g/mol. The lowest BCUT2D eigenvalue weighted by molar-refractivity contribution is -0.139. The summed E-state index contributed by atoms with van der Waals surface area (Å²) in [6.07, 6.45) is 1.53. The predicted octanol–water partition coefficient (Wildman–Crippen LogP) is 3.49. The number of aliphatic hydroxyl groups is 1. The van der Waals surface area contributed by atoms with Crippen molar-refractivity contribution in [2.24, 2.45) is 0 Å². The third-order valence-corrected chi connectivity index (χ3v) is 4.72. The maximum Gasteiger partial charge on any atom is 0.295 e. The van der Waals surface area contributed by atoms with Crippen LogP contribution in [0.1, 0.15) is 16.5 Å². The van der Waals surface area contributed by atoms with Gasteiger partial charge in [0.1, 0.15) is 11.6 Å². The van der Waals surface area contributed by atoms with Crippen LogP contribution >= 0.6 is 11.3 Å². The van der Waals surface area contributed by atoms with E-state index in [0.29, 0.717) is 0 Å². The van der Waals surface area contributed by atoms with Gasteiger partial charge in [0.05, 0.1) is 11.6 Å². The molecule has 1 atom stereocenters. The van der Waals surface area contributed by atoms with Gasteiger partial charge in [-0.05, 0) is 35.7 Å². The molecule has 0 saturated carbocycles. The summed E-state index contributed by atoms with van der Waals surface area (Å²) in [4.78, 5) is 26.9. The van der Waals surface area contributed by atoms with Crippen LogP contribution in [0.5, 0.6) is 0 Å². The summed E-state index contributed by atoms with van der Waals surface area (Å²) in [5.41, 5.74) is 0.297. The van der Waals surface area contributed by atoms with Crippen molar-refractivity contribution in [3.63, 3.8) is 0 Å². The molecule has 0 aliphatic carbocycles. The molecule has 6 heteroatoms. The monoisotopic (exact) mass is 343 g/mol. The SMILES string of the molecule is C=CCN1C(=O)C(=O)C(=C(O)c2ccc(F)cc2)C1c1cccs1. The van der Waals surface area contributed by atoms with Crippen LogP contribution in [0, 0.1) is 5.82 Å². The molecule has 1 N–H and O–H groups in total. The lowest BCUT2D eigenvalue weighted by atomic mass is 10.00. The Bertz CT molecular complexity index is 824. The first kappa shape index (κ1) is 16.1. The Morgan fingerprint density at radius 2 is 2.00 bits per heavy atom. The molecule has 3 rings (SSSR count). The van der Waals surface area contributed by atoms with E-state index in [9.17, 15) is 19.1 Å². The second-order valence-electron chi connectivity index (χ2n) is 5.26. The number of hydrogen-bond acceptors (Lipinski definition) is 4. The number of carbonyl (C=O) groups is 2. The number of Topliss-reactive ketones (excluding diaryl/α,β-unsaturated/α-hetero) is 1. The molecule has 1 unspecified atom stereocenters. The minimum atomic E-state index is -0.753. The van der Waals surface area contributed by atoms with E-state index in [1.165, 1.54) is 46.6 Å². The summed E-state index contributed by atoms with van der Waals surface area (Å²) in [5.74, 6) is -2.19. The first-order chi connectivity index (χ1) is 11.5. The highest BCUT2D eigenvalue weighted by atomic mass is 32.1. The zero-order valence-electron chi connectivity index (χ0n) is 12.6. The topological polar surface area (TPSA) is 57.6 Å². The Morgan fingerprint density at radius 1 is 1.29 bits per heavy atom. The maximum atomic E-state index is 13.1. The second-order valence-corrected chi connectivity index (χ2v) is 6.24. The Labute approximate surface area is 142 Å². The molecule has 1 aliphatic rings. The van der Waals surface area contributed by atoms with Gasteiger partial charge in [-0.1, -0.05) is 12.1 Å². The number of amides is 1. The third-order valence-electron chi connectivity index (χ3n) is 3.80. The lowest BCUT2D eigenvalue weighted by Crippen LogP contribution is -2.29. The first-order valence-electron chi connectivity index (χ1n) is 7.23. The van der Waals surface area contributed by atoms with Crippen molar-refractivity contribution < 1.29 is 19.1 Å². The molecule has 0 bridgehead atoms. The normalized spacial score (nSPS) is 19.7. The van der Waals surface area contributed by atoms with Crippen LogP contribution in [0.3, 0.4) is 0 Å². The first-order valence-corrected chi connectivity index (χ1v) is 8.11. The van der Waals surface area contributed by atoms with E-state index >= 15 is 0 Å². The molecule has 0 spiro atoms. The Kier molecular flexibility index (Phi) is 4.31. The average Bonchev–Trinajstić information content (AvgIpc) is 3.18. The van der Waals surface area contributed by atoms with Crippen LogP contribution < -0.4 is 0 Å². The van der Waals surface area contributed by atoms with Crippen LogP contribution in [0.25, 0.3) is 5.76 Å². The standard InChI is InChI=1S/C18H14FNO3S/c1-2-9-20-15(13-4-3-10-24-13)14(17(22)18(20)23)16(21)11-5-7-12(19)8-6-11/h2-8,10,15,21H,1,9H2. The van der Waals surface area contributed by atoms with E-state index in [4.69, 9.17) is 0 Å². The highest BCUT2D eigenvalue weighted by Crippen LogP contribution is 2.40. The Balaban J connectivity index is 2.17. The average molecular weight is 343 g/mol. The van der Waals surface area contributed by atoms with E-state index in [1.54, 1.807) is 6.07 Å². The zero-order chi connectivity index (χ0) is 17.3. The summed E-state index contributed by atoms with van der Waals surface area (Å²) in [5, 5.41) is 12.4. The van der Waals surface area contributed by atoms with Gasteiger partial charge in [0, 0.05) is 17.0 Å². The van der Waals surface area contributed by atoms with Crippen molar-refractivity contribution in [3.05, 3.63) is 76.3 Å². The Morgan fingerprint density at radius 3 is 2.58 bits per heavy atom. The molecule has 2 aromatic rings. The van der Waals surface area contributed by atoms with Crippen molar-refractivity contribution >= 4 is 28.8 Å². The van der Waals surface area contributed by atoms with Crippen LogP contribution in [-0.2, 0) is 9.59 Å². The smallest absolute Gasteiger partial charge is 0.295 e. The van der Waals surface area contributed by atoms with E-state index in [1.807, 2.05) is 11.4 Å². The zero-order valence-corrected chi connectivity index (χ0v) is 13.4. The number of nitrogens with zero attached hydrogens (tertiary/aromatic N) is 1. The van der Waals surface area contributed by atoms with Gasteiger partial charge in [0.15, 0.2) is 0 Å². The fourth-order valence-electron chi connectivity index (χ4n) is 2.71. The molecule has 2 heterocycles. The van der Waals surface area contributed by atoms with E-state index in [-0.39, 0.29) is 23.4 Å². The molecule has 1 amide bonds. The maximum absolute atomic E-state index is 13.1. The highest BCUT2D eigenvalue weighted by Gasteiger charge is 2.45. The van der Waals surface area contributed by atoms with Gasteiger partial charge >= 0.3 is 0 Å². The van der Waals surface area contributed by atoms with E-state index < -0.39 is 23.5 Å². The number of aliphatic hydroxyl groups excluding tert-OH is 1. The quantitative estimate of drug-likeness (QED) is 0.400. The summed E-state index contributed by atoms with van der Waals surface area (Å²) in [6.45, 7) is 3.80. The molecule has 24 heavy (non-hydrogen) atoms. The fraction of sp³-hybridized carbons (Fsp3) is 0.111. The number of likely N-dealkylation sites (tertiary alicyclic amines) is 1. The number of ketones is 1. The number of rotatable bonds is 4. The van der Waals surface area contributed by atoms with Gasteiger partial charge in [-0.25, -0.2) is 4.39 Å². The summed E-state index contributed by atoms with van der Waals surface area (Å²) in [6, 6.07) is 8.06.